The molecule has 3 amide bonds. The topological polar surface area (TPSA) is 138 Å². The normalized spacial score (nSPS) is 22.1. The number of benzene rings is 2. The standard InChI is InChI=1S/C31H35N5O5S/c1-19-17-26(33-20(2)32-19)35-42(40,41)23-13-11-22(12-14-23)34-27(37)25(18-21-9-7-6-8-10-21)36-28(38)24-15-16-31(5,29(36)39)30(24,3)4/h6-14,17,24-25H,15-16,18H2,1-5H3,(H,34,37)(H,32,33,35). The summed E-state index contributed by atoms with van der Waals surface area (Å²) in [5.41, 5.74) is 0.495. The summed E-state index contributed by atoms with van der Waals surface area (Å²) in [5, 5.41) is 2.81. The lowest BCUT2D eigenvalue weighted by atomic mass is 9.62. The molecular formula is C31H35N5O5S. The van der Waals surface area contributed by atoms with Gasteiger partial charge in [0.25, 0.3) is 10.0 Å². The van der Waals surface area contributed by atoms with E-state index in [1.807, 2.05) is 51.1 Å². The predicted molar refractivity (Wildman–Crippen MR) is 158 cm³/mol. The zero-order chi connectivity index (χ0) is 30.4. The molecule has 1 saturated heterocycles. The SMILES string of the molecule is Cc1cc(NS(=O)(=O)c2ccc(NC(=O)C(Cc3ccccc3)N3C(=O)C4CCC(C)(C3=O)C4(C)C)cc2)nc(C)n1. The number of amides is 3. The van der Waals surface area contributed by atoms with E-state index < -0.39 is 32.8 Å². The highest BCUT2D eigenvalue weighted by atomic mass is 32.2. The lowest BCUT2D eigenvalue weighted by molar-refractivity contribution is -0.172. The van der Waals surface area contributed by atoms with E-state index in [9.17, 15) is 22.8 Å². The third-order valence-electron chi connectivity index (χ3n) is 8.98. The maximum absolute atomic E-state index is 13.9. The minimum Gasteiger partial charge on any atom is -0.324 e. The minimum absolute atomic E-state index is 0.0247. The van der Waals surface area contributed by atoms with Gasteiger partial charge < -0.3 is 5.32 Å². The molecule has 0 radical (unpaired) electrons. The first-order chi connectivity index (χ1) is 19.7. The molecule has 10 nitrogen and oxygen atoms in total. The molecule has 11 heteroatoms. The van der Waals surface area contributed by atoms with Crippen LogP contribution in [-0.4, -0.2) is 47.0 Å². The Bertz CT molecular complexity index is 1640. The number of sulfonamides is 1. The number of carbonyl (C=O) groups excluding carboxylic acids is 3. The molecule has 2 aromatic carbocycles. The molecule has 2 bridgehead atoms. The van der Waals surface area contributed by atoms with Crippen molar-refractivity contribution in [3.05, 3.63) is 77.7 Å². The molecular weight excluding hydrogens is 554 g/mol. The number of hydrogen-bond donors (Lipinski definition) is 2. The van der Waals surface area contributed by atoms with Gasteiger partial charge in [-0.05, 0) is 61.9 Å². The van der Waals surface area contributed by atoms with Crippen LogP contribution < -0.4 is 10.0 Å². The van der Waals surface area contributed by atoms with Crippen LogP contribution in [0.25, 0.3) is 0 Å². The Morgan fingerprint density at radius 2 is 1.69 bits per heavy atom. The van der Waals surface area contributed by atoms with E-state index in [-0.39, 0.29) is 34.9 Å². The van der Waals surface area contributed by atoms with E-state index in [4.69, 9.17) is 0 Å². The molecule has 1 aliphatic carbocycles. The van der Waals surface area contributed by atoms with Crippen LogP contribution in [0.3, 0.4) is 0 Å². The van der Waals surface area contributed by atoms with Gasteiger partial charge in [0.05, 0.1) is 10.3 Å². The Labute approximate surface area is 246 Å². The molecule has 2 heterocycles. The van der Waals surface area contributed by atoms with Crippen LogP contribution in [0.15, 0.2) is 65.6 Å². The van der Waals surface area contributed by atoms with Crippen molar-refractivity contribution < 1.29 is 22.8 Å². The Hall–Kier alpha value is -4.12. The number of rotatable bonds is 8. The summed E-state index contributed by atoms with van der Waals surface area (Å²) in [6.07, 6.45) is 1.34. The number of carbonyl (C=O) groups is 3. The molecule has 2 N–H and O–H groups in total. The summed E-state index contributed by atoms with van der Waals surface area (Å²) in [7, 11) is -3.95. The van der Waals surface area contributed by atoms with Crippen LogP contribution >= 0.6 is 0 Å². The average Bonchev–Trinajstić information content (AvgIpc) is 3.10. The number of fused-ring (bicyclic) bond motifs is 2. The molecule has 1 saturated carbocycles. The van der Waals surface area contributed by atoms with Crippen molar-refractivity contribution in [2.24, 2.45) is 16.7 Å². The first-order valence-corrected chi connectivity index (χ1v) is 15.4. The van der Waals surface area contributed by atoms with E-state index in [2.05, 4.69) is 20.0 Å². The van der Waals surface area contributed by atoms with Gasteiger partial charge in [0, 0.05) is 29.8 Å². The predicted octanol–water partition coefficient (Wildman–Crippen LogP) is 4.26. The highest BCUT2D eigenvalue weighted by molar-refractivity contribution is 7.92. The van der Waals surface area contributed by atoms with Crippen molar-refractivity contribution in [2.45, 2.75) is 64.8 Å². The van der Waals surface area contributed by atoms with Crippen LogP contribution in [0.4, 0.5) is 11.5 Å². The zero-order valence-electron chi connectivity index (χ0n) is 24.3. The molecule has 0 spiro atoms. The fourth-order valence-corrected chi connectivity index (χ4v) is 7.18. The molecule has 1 aromatic heterocycles. The highest BCUT2D eigenvalue weighted by Crippen LogP contribution is 2.60. The maximum Gasteiger partial charge on any atom is 0.263 e. The van der Waals surface area contributed by atoms with Gasteiger partial charge in [-0.3, -0.25) is 24.0 Å². The van der Waals surface area contributed by atoms with Crippen LogP contribution in [-0.2, 0) is 30.8 Å². The lowest BCUT2D eigenvalue weighted by Gasteiger charge is -2.49. The summed E-state index contributed by atoms with van der Waals surface area (Å²) in [4.78, 5) is 50.9. The fourth-order valence-electron chi connectivity index (χ4n) is 6.19. The molecule has 42 heavy (non-hydrogen) atoms. The molecule has 1 aliphatic heterocycles. The molecule has 2 aliphatic rings. The number of anilines is 2. The number of likely N-dealkylation sites (tertiary alicyclic amines) is 1. The van der Waals surface area contributed by atoms with Gasteiger partial charge in [-0.1, -0.05) is 51.1 Å². The Morgan fingerprint density at radius 1 is 1.02 bits per heavy atom. The number of aromatic nitrogens is 2. The van der Waals surface area contributed by atoms with Gasteiger partial charge in [-0.15, -0.1) is 0 Å². The van der Waals surface area contributed by atoms with E-state index in [1.165, 1.54) is 35.2 Å². The molecule has 3 unspecified atom stereocenters. The number of nitrogens with one attached hydrogen (secondary N) is 2. The third-order valence-corrected chi connectivity index (χ3v) is 10.3. The second-order valence-corrected chi connectivity index (χ2v) is 13.6. The van der Waals surface area contributed by atoms with Gasteiger partial charge in [0.1, 0.15) is 17.7 Å². The zero-order valence-corrected chi connectivity index (χ0v) is 25.2. The molecule has 3 aromatic rings. The van der Waals surface area contributed by atoms with Crippen molar-refractivity contribution in [1.29, 1.82) is 0 Å². The van der Waals surface area contributed by atoms with Gasteiger partial charge in [0.15, 0.2) is 0 Å². The van der Waals surface area contributed by atoms with Crippen molar-refractivity contribution in [3.63, 3.8) is 0 Å². The number of aryl methyl sites for hydroxylation is 2. The maximum atomic E-state index is 13.9. The number of hydrogen-bond acceptors (Lipinski definition) is 7. The van der Waals surface area contributed by atoms with Crippen molar-refractivity contribution in [2.75, 3.05) is 10.0 Å². The average molecular weight is 590 g/mol. The van der Waals surface area contributed by atoms with Gasteiger partial charge in [-0.2, -0.15) is 0 Å². The number of nitrogens with zero attached hydrogens (tertiary/aromatic N) is 3. The molecule has 220 valence electrons. The van der Waals surface area contributed by atoms with Crippen LogP contribution in [0, 0.1) is 30.6 Å². The first-order valence-electron chi connectivity index (χ1n) is 13.9. The monoisotopic (exact) mass is 589 g/mol. The fraction of sp³-hybridized carbons (Fsp3) is 0.387. The molecule has 3 atom stereocenters. The van der Waals surface area contributed by atoms with Gasteiger partial charge >= 0.3 is 0 Å². The van der Waals surface area contributed by atoms with E-state index in [0.29, 0.717) is 30.0 Å². The molecule has 5 rings (SSSR count). The Kier molecular flexibility index (Phi) is 7.42. The van der Waals surface area contributed by atoms with Crippen molar-refractivity contribution in [3.8, 4) is 0 Å². The number of piperidine rings is 1. The summed E-state index contributed by atoms with van der Waals surface area (Å²) in [5.74, 6) is -0.937. The summed E-state index contributed by atoms with van der Waals surface area (Å²) in [6.45, 7) is 9.23. The second-order valence-electron chi connectivity index (χ2n) is 11.9. The van der Waals surface area contributed by atoms with E-state index >= 15 is 0 Å². The highest BCUT2D eigenvalue weighted by Gasteiger charge is 2.65. The second kappa shape index (κ2) is 10.6. The first kappa shape index (κ1) is 29.4. The van der Waals surface area contributed by atoms with E-state index in [1.54, 1.807) is 13.8 Å². The van der Waals surface area contributed by atoms with Crippen molar-refractivity contribution in [1.82, 2.24) is 14.9 Å². The van der Waals surface area contributed by atoms with Gasteiger partial charge in [-0.25, -0.2) is 18.4 Å². The minimum atomic E-state index is -3.95. The Balaban J connectivity index is 1.40. The van der Waals surface area contributed by atoms with Crippen LogP contribution in [0.1, 0.15) is 50.7 Å². The Morgan fingerprint density at radius 3 is 2.33 bits per heavy atom. The summed E-state index contributed by atoms with van der Waals surface area (Å²) in [6, 6.07) is 15.4. The third kappa shape index (κ3) is 5.17. The molecule has 2 fully saturated rings. The van der Waals surface area contributed by atoms with Crippen LogP contribution in [0.5, 0.6) is 0 Å². The summed E-state index contributed by atoms with van der Waals surface area (Å²) >= 11 is 0. The quantitative estimate of drug-likeness (QED) is 0.375. The van der Waals surface area contributed by atoms with Crippen molar-refractivity contribution >= 4 is 39.3 Å². The van der Waals surface area contributed by atoms with E-state index in [0.717, 1.165) is 5.56 Å². The lowest BCUT2D eigenvalue weighted by Crippen LogP contribution is -2.64. The smallest absolute Gasteiger partial charge is 0.263 e. The van der Waals surface area contributed by atoms with Gasteiger partial charge in [0.2, 0.25) is 17.7 Å². The van der Waals surface area contributed by atoms with Crippen LogP contribution in [0.2, 0.25) is 0 Å². The largest absolute Gasteiger partial charge is 0.324 e. The number of imide groups is 1. The summed E-state index contributed by atoms with van der Waals surface area (Å²) < 4.78 is 28.4.